The highest BCUT2D eigenvalue weighted by molar-refractivity contribution is 6.15. The highest BCUT2D eigenvalue weighted by Gasteiger charge is 2.30. The van der Waals surface area contributed by atoms with Crippen molar-refractivity contribution in [3.8, 4) is 0 Å². The molecule has 1 unspecified atom stereocenters. The van der Waals surface area contributed by atoms with E-state index in [1.165, 1.54) is 11.0 Å². The molecule has 0 aromatic carbocycles. The van der Waals surface area contributed by atoms with Crippen molar-refractivity contribution in [2.24, 2.45) is 5.92 Å². The van der Waals surface area contributed by atoms with Crippen molar-refractivity contribution in [1.82, 2.24) is 4.90 Å². The standard InChI is InChI=1S/C11H15NO3/c1-8-5-10(13)12(11(8)14)6-9-3-2-4-15-7-9/h5,9H,2-4,6-7H2,1H3. The molecular formula is C11H15NO3. The molecular weight excluding hydrogens is 194 g/mol. The van der Waals surface area contributed by atoms with Gasteiger partial charge < -0.3 is 4.74 Å². The lowest BCUT2D eigenvalue weighted by Gasteiger charge is -2.25. The van der Waals surface area contributed by atoms with Gasteiger partial charge in [0.15, 0.2) is 0 Å². The van der Waals surface area contributed by atoms with Crippen molar-refractivity contribution < 1.29 is 14.3 Å². The fourth-order valence-corrected chi connectivity index (χ4v) is 2.02. The minimum atomic E-state index is -0.178. The molecule has 1 atom stereocenters. The van der Waals surface area contributed by atoms with Crippen LogP contribution in [0.1, 0.15) is 19.8 Å². The Balaban J connectivity index is 1.95. The zero-order valence-electron chi connectivity index (χ0n) is 8.86. The third-order valence-electron chi connectivity index (χ3n) is 2.88. The van der Waals surface area contributed by atoms with Gasteiger partial charge in [0.2, 0.25) is 0 Å². The van der Waals surface area contributed by atoms with Crippen LogP contribution in [-0.4, -0.2) is 36.5 Å². The molecule has 0 radical (unpaired) electrons. The normalized spacial score (nSPS) is 27.1. The summed E-state index contributed by atoms with van der Waals surface area (Å²) in [5.41, 5.74) is 0.539. The molecule has 2 aliphatic heterocycles. The molecule has 4 heteroatoms. The summed E-state index contributed by atoms with van der Waals surface area (Å²) in [4.78, 5) is 24.4. The lowest BCUT2D eigenvalue weighted by atomic mass is 10.0. The highest BCUT2D eigenvalue weighted by Crippen LogP contribution is 2.19. The first-order valence-electron chi connectivity index (χ1n) is 5.30. The van der Waals surface area contributed by atoms with Crippen LogP contribution >= 0.6 is 0 Å². The van der Waals surface area contributed by atoms with Crippen molar-refractivity contribution in [3.05, 3.63) is 11.6 Å². The molecule has 1 fully saturated rings. The summed E-state index contributed by atoms with van der Waals surface area (Å²) in [7, 11) is 0. The Kier molecular flexibility index (Phi) is 2.86. The monoisotopic (exact) mass is 209 g/mol. The second kappa shape index (κ2) is 4.14. The highest BCUT2D eigenvalue weighted by atomic mass is 16.5. The minimum Gasteiger partial charge on any atom is -0.381 e. The molecule has 0 saturated carbocycles. The molecule has 2 rings (SSSR count). The zero-order valence-corrected chi connectivity index (χ0v) is 8.86. The summed E-state index contributed by atoms with van der Waals surface area (Å²) in [6, 6.07) is 0. The lowest BCUT2D eigenvalue weighted by Crippen LogP contribution is -2.38. The number of rotatable bonds is 2. The number of hydrogen-bond acceptors (Lipinski definition) is 3. The number of hydrogen-bond donors (Lipinski definition) is 0. The van der Waals surface area contributed by atoms with E-state index in [-0.39, 0.29) is 11.8 Å². The Labute approximate surface area is 88.9 Å². The number of imide groups is 1. The van der Waals surface area contributed by atoms with Crippen LogP contribution in [0.5, 0.6) is 0 Å². The molecule has 2 aliphatic rings. The van der Waals surface area contributed by atoms with E-state index in [4.69, 9.17) is 4.74 Å². The molecule has 2 heterocycles. The van der Waals surface area contributed by atoms with E-state index in [0.29, 0.717) is 24.6 Å². The Morgan fingerprint density at radius 2 is 2.33 bits per heavy atom. The predicted molar refractivity (Wildman–Crippen MR) is 54.0 cm³/mol. The van der Waals surface area contributed by atoms with Crippen molar-refractivity contribution in [2.75, 3.05) is 19.8 Å². The van der Waals surface area contributed by atoms with Gasteiger partial charge in [-0.05, 0) is 19.8 Å². The van der Waals surface area contributed by atoms with Crippen molar-refractivity contribution in [1.29, 1.82) is 0 Å². The van der Waals surface area contributed by atoms with Gasteiger partial charge in [-0.1, -0.05) is 0 Å². The Morgan fingerprint density at radius 1 is 1.53 bits per heavy atom. The molecule has 0 spiro atoms. The largest absolute Gasteiger partial charge is 0.381 e. The number of nitrogens with zero attached hydrogens (tertiary/aromatic N) is 1. The average Bonchev–Trinajstić information content (AvgIpc) is 2.47. The zero-order chi connectivity index (χ0) is 10.8. The Bertz CT molecular complexity index is 316. The molecule has 15 heavy (non-hydrogen) atoms. The van der Waals surface area contributed by atoms with Crippen molar-refractivity contribution in [2.45, 2.75) is 19.8 Å². The van der Waals surface area contributed by atoms with Gasteiger partial charge in [0.05, 0.1) is 6.61 Å². The SMILES string of the molecule is CC1=CC(=O)N(CC2CCCOC2)C1=O. The Hall–Kier alpha value is -1.16. The molecule has 0 aromatic rings. The van der Waals surface area contributed by atoms with Crippen LogP contribution in [0, 0.1) is 5.92 Å². The van der Waals surface area contributed by atoms with E-state index in [1.54, 1.807) is 6.92 Å². The summed E-state index contributed by atoms with van der Waals surface area (Å²) in [6.45, 7) is 3.65. The predicted octanol–water partition coefficient (Wildman–Crippen LogP) is 0.728. The lowest BCUT2D eigenvalue weighted by molar-refractivity contribution is -0.138. The van der Waals surface area contributed by atoms with E-state index >= 15 is 0 Å². The quantitative estimate of drug-likeness (QED) is 0.630. The van der Waals surface area contributed by atoms with Crippen LogP contribution < -0.4 is 0 Å². The van der Waals surface area contributed by atoms with E-state index in [2.05, 4.69) is 0 Å². The third-order valence-corrected chi connectivity index (χ3v) is 2.88. The topological polar surface area (TPSA) is 46.6 Å². The summed E-state index contributed by atoms with van der Waals surface area (Å²) in [6.07, 6.45) is 3.47. The maximum absolute atomic E-state index is 11.6. The van der Waals surface area contributed by atoms with E-state index in [0.717, 1.165) is 19.4 Å². The van der Waals surface area contributed by atoms with Gasteiger partial charge >= 0.3 is 0 Å². The summed E-state index contributed by atoms with van der Waals surface area (Å²) in [5.74, 6) is -0.0143. The van der Waals surface area contributed by atoms with Crippen LogP contribution in [-0.2, 0) is 14.3 Å². The second-order valence-corrected chi connectivity index (χ2v) is 4.16. The van der Waals surface area contributed by atoms with Crippen LogP contribution in [0.4, 0.5) is 0 Å². The van der Waals surface area contributed by atoms with Crippen LogP contribution in [0.3, 0.4) is 0 Å². The van der Waals surface area contributed by atoms with Gasteiger partial charge in [-0.3, -0.25) is 14.5 Å². The fourth-order valence-electron chi connectivity index (χ4n) is 2.02. The molecule has 82 valence electrons. The van der Waals surface area contributed by atoms with Gasteiger partial charge in [-0.15, -0.1) is 0 Å². The number of carbonyl (C=O) groups excluding carboxylic acids is 2. The smallest absolute Gasteiger partial charge is 0.256 e. The van der Waals surface area contributed by atoms with Crippen molar-refractivity contribution >= 4 is 11.8 Å². The first-order chi connectivity index (χ1) is 7.18. The van der Waals surface area contributed by atoms with E-state index < -0.39 is 0 Å². The van der Waals surface area contributed by atoms with Gasteiger partial charge in [-0.2, -0.15) is 0 Å². The van der Waals surface area contributed by atoms with Crippen LogP contribution in [0.2, 0.25) is 0 Å². The summed E-state index contributed by atoms with van der Waals surface area (Å²) < 4.78 is 5.32. The third kappa shape index (κ3) is 2.09. The first kappa shape index (κ1) is 10.4. The Morgan fingerprint density at radius 3 is 2.87 bits per heavy atom. The van der Waals surface area contributed by atoms with Gasteiger partial charge in [0, 0.05) is 30.7 Å². The molecule has 0 aliphatic carbocycles. The fraction of sp³-hybridized carbons (Fsp3) is 0.636. The maximum atomic E-state index is 11.6. The number of ether oxygens (including phenoxy) is 1. The number of amides is 2. The number of carbonyl (C=O) groups is 2. The van der Waals surface area contributed by atoms with Crippen LogP contribution in [0.25, 0.3) is 0 Å². The molecule has 0 aromatic heterocycles. The molecule has 2 amide bonds. The second-order valence-electron chi connectivity index (χ2n) is 4.16. The van der Waals surface area contributed by atoms with Gasteiger partial charge in [0.25, 0.3) is 11.8 Å². The van der Waals surface area contributed by atoms with Gasteiger partial charge in [-0.25, -0.2) is 0 Å². The van der Waals surface area contributed by atoms with Gasteiger partial charge in [0.1, 0.15) is 0 Å². The van der Waals surface area contributed by atoms with E-state index in [1.807, 2.05) is 0 Å². The average molecular weight is 209 g/mol. The van der Waals surface area contributed by atoms with Crippen LogP contribution in [0.15, 0.2) is 11.6 Å². The van der Waals surface area contributed by atoms with E-state index in [9.17, 15) is 9.59 Å². The maximum Gasteiger partial charge on any atom is 0.256 e. The molecule has 1 saturated heterocycles. The minimum absolute atomic E-state index is 0.148. The molecule has 4 nitrogen and oxygen atoms in total. The summed E-state index contributed by atoms with van der Waals surface area (Å²) >= 11 is 0. The molecule has 0 N–H and O–H groups in total. The van der Waals surface area contributed by atoms with Crippen molar-refractivity contribution in [3.63, 3.8) is 0 Å². The molecule has 0 bridgehead atoms. The first-order valence-corrected chi connectivity index (χ1v) is 5.30. The summed E-state index contributed by atoms with van der Waals surface area (Å²) in [5, 5.41) is 0.